The third kappa shape index (κ3) is 9.57. The van der Waals surface area contributed by atoms with Crippen LogP contribution < -0.4 is 9.62 Å². The summed E-state index contributed by atoms with van der Waals surface area (Å²) in [5.41, 5.74) is 3.43. The van der Waals surface area contributed by atoms with E-state index >= 15 is 0 Å². The molecule has 1 aliphatic rings. The van der Waals surface area contributed by atoms with E-state index in [4.69, 9.17) is 11.6 Å². The van der Waals surface area contributed by atoms with Crippen LogP contribution in [0.4, 0.5) is 5.69 Å². The summed E-state index contributed by atoms with van der Waals surface area (Å²) >= 11 is 6.14. The minimum Gasteiger partial charge on any atom is -0.352 e. The van der Waals surface area contributed by atoms with E-state index in [1.807, 2.05) is 61.5 Å². The summed E-state index contributed by atoms with van der Waals surface area (Å²) in [7, 11) is -3.61. The number of anilines is 1. The Bertz CT molecular complexity index is 1480. The molecule has 1 saturated carbocycles. The van der Waals surface area contributed by atoms with Crippen LogP contribution in [0.5, 0.6) is 0 Å². The predicted molar refractivity (Wildman–Crippen MR) is 174 cm³/mol. The number of carbonyl (C=O) groups is 2. The van der Waals surface area contributed by atoms with Crippen LogP contribution >= 0.6 is 11.6 Å². The number of sulfonamides is 1. The number of rotatable bonds is 13. The van der Waals surface area contributed by atoms with E-state index in [2.05, 4.69) is 5.32 Å². The van der Waals surface area contributed by atoms with Crippen LogP contribution in [-0.2, 0) is 32.6 Å². The molecule has 0 bridgehead atoms. The van der Waals surface area contributed by atoms with Crippen molar-refractivity contribution in [3.05, 3.63) is 101 Å². The standard InChI is InChI=1S/C34H42ClN3O4S/c1-26-13-9-10-16-28(26)25-37(33(39)21-12-22-38(43(2,41)42)31-20-11-17-29(35)24-31)32(23-27-14-5-3-6-15-27)34(40)36-30-18-7-4-8-19-30/h3,5-6,9-11,13-17,20,24,30,32H,4,7-8,12,18-19,21-23,25H2,1-2H3,(H,36,40). The number of amides is 2. The molecule has 0 spiro atoms. The van der Waals surface area contributed by atoms with Crippen LogP contribution in [0.1, 0.15) is 61.6 Å². The van der Waals surface area contributed by atoms with Crippen molar-refractivity contribution in [3.8, 4) is 0 Å². The van der Waals surface area contributed by atoms with Gasteiger partial charge in [0.05, 0.1) is 11.9 Å². The number of hydrogen-bond acceptors (Lipinski definition) is 4. The van der Waals surface area contributed by atoms with Crippen LogP contribution in [0.25, 0.3) is 0 Å². The fraction of sp³-hybridized carbons (Fsp3) is 0.412. The first-order valence-electron chi connectivity index (χ1n) is 15.0. The van der Waals surface area contributed by atoms with Crippen LogP contribution in [0.15, 0.2) is 78.9 Å². The second kappa shape index (κ2) is 15.4. The highest BCUT2D eigenvalue weighted by molar-refractivity contribution is 7.92. The van der Waals surface area contributed by atoms with E-state index < -0.39 is 16.1 Å². The number of aryl methyl sites for hydroxylation is 1. The Morgan fingerprint density at radius 1 is 0.953 bits per heavy atom. The molecule has 0 aliphatic heterocycles. The van der Waals surface area contributed by atoms with Gasteiger partial charge in [0.25, 0.3) is 0 Å². The first-order chi connectivity index (χ1) is 20.6. The first-order valence-corrected chi connectivity index (χ1v) is 17.3. The van der Waals surface area contributed by atoms with Gasteiger partial charge in [0.2, 0.25) is 21.8 Å². The quantitative estimate of drug-likeness (QED) is 0.243. The molecule has 0 radical (unpaired) electrons. The van der Waals surface area contributed by atoms with Crippen molar-refractivity contribution < 1.29 is 18.0 Å². The molecule has 1 unspecified atom stereocenters. The van der Waals surface area contributed by atoms with Gasteiger partial charge in [0, 0.05) is 37.0 Å². The lowest BCUT2D eigenvalue weighted by Crippen LogP contribution is -2.53. The second-order valence-electron chi connectivity index (χ2n) is 11.4. The van der Waals surface area contributed by atoms with Gasteiger partial charge in [0.1, 0.15) is 6.04 Å². The summed E-state index contributed by atoms with van der Waals surface area (Å²) in [6, 6.07) is 23.7. The summed E-state index contributed by atoms with van der Waals surface area (Å²) in [4.78, 5) is 29.7. The molecule has 1 fully saturated rings. The van der Waals surface area contributed by atoms with Crippen LogP contribution in [-0.4, -0.2) is 50.0 Å². The summed E-state index contributed by atoms with van der Waals surface area (Å²) < 4.78 is 26.6. The SMILES string of the molecule is Cc1ccccc1CN(C(=O)CCCN(c1cccc(Cl)c1)S(C)(=O)=O)C(Cc1ccccc1)C(=O)NC1CCCCC1. The molecule has 1 aliphatic carbocycles. The zero-order chi connectivity index (χ0) is 30.8. The Morgan fingerprint density at radius 2 is 1.65 bits per heavy atom. The van der Waals surface area contributed by atoms with Crippen molar-refractivity contribution in [2.24, 2.45) is 0 Å². The molecule has 230 valence electrons. The maximum atomic E-state index is 14.1. The molecule has 0 saturated heterocycles. The average Bonchev–Trinajstić information content (AvgIpc) is 2.98. The van der Waals surface area contributed by atoms with Gasteiger partial charge in [-0.25, -0.2) is 8.42 Å². The number of hydrogen-bond donors (Lipinski definition) is 1. The zero-order valence-corrected chi connectivity index (χ0v) is 26.6. The molecule has 0 heterocycles. The third-order valence-electron chi connectivity index (χ3n) is 8.07. The van der Waals surface area contributed by atoms with Crippen LogP contribution in [0, 0.1) is 6.92 Å². The molecule has 0 aromatic heterocycles. The van der Waals surface area contributed by atoms with Gasteiger partial charge in [-0.1, -0.05) is 91.5 Å². The molecular formula is C34H42ClN3O4S. The molecule has 9 heteroatoms. The molecule has 43 heavy (non-hydrogen) atoms. The van der Waals surface area contributed by atoms with Gasteiger partial charge in [-0.2, -0.15) is 0 Å². The summed E-state index contributed by atoms with van der Waals surface area (Å²) in [6.07, 6.45) is 7.14. The van der Waals surface area contributed by atoms with Gasteiger partial charge in [-0.05, 0) is 61.1 Å². The molecule has 2 amide bonds. The van der Waals surface area contributed by atoms with Gasteiger partial charge in [-0.3, -0.25) is 13.9 Å². The van der Waals surface area contributed by atoms with Crippen molar-refractivity contribution >= 4 is 39.1 Å². The fourth-order valence-electron chi connectivity index (χ4n) is 5.70. The lowest BCUT2D eigenvalue weighted by atomic mass is 9.94. The average molecular weight is 624 g/mol. The van der Waals surface area contributed by atoms with E-state index in [1.165, 1.54) is 10.7 Å². The largest absolute Gasteiger partial charge is 0.352 e. The highest BCUT2D eigenvalue weighted by Gasteiger charge is 2.32. The van der Waals surface area contributed by atoms with Gasteiger partial charge >= 0.3 is 0 Å². The lowest BCUT2D eigenvalue weighted by Gasteiger charge is -2.34. The maximum Gasteiger partial charge on any atom is 0.243 e. The Labute approximate surface area is 261 Å². The minimum absolute atomic E-state index is 0.0838. The minimum atomic E-state index is -3.61. The molecule has 3 aromatic carbocycles. The summed E-state index contributed by atoms with van der Waals surface area (Å²) in [5.74, 6) is -0.336. The third-order valence-corrected chi connectivity index (χ3v) is 9.50. The van der Waals surface area contributed by atoms with E-state index in [9.17, 15) is 18.0 Å². The lowest BCUT2D eigenvalue weighted by molar-refractivity contribution is -0.141. The highest BCUT2D eigenvalue weighted by Crippen LogP contribution is 2.24. The Morgan fingerprint density at radius 3 is 2.33 bits per heavy atom. The first kappa shape index (κ1) is 32.6. The van der Waals surface area contributed by atoms with E-state index in [1.54, 1.807) is 29.2 Å². The van der Waals surface area contributed by atoms with Gasteiger partial charge < -0.3 is 10.2 Å². The monoisotopic (exact) mass is 623 g/mol. The Hall–Kier alpha value is -3.36. The molecule has 1 atom stereocenters. The zero-order valence-electron chi connectivity index (χ0n) is 25.0. The molecule has 3 aromatic rings. The maximum absolute atomic E-state index is 14.1. The van der Waals surface area contributed by atoms with E-state index in [-0.39, 0.29) is 43.8 Å². The number of halogens is 1. The van der Waals surface area contributed by atoms with Crippen molar-refractivity contribution in [2.75, 3.05) is 17.1 Å². The van der Waals surface area contributed by atoms with Crippen molar-refractivity contribution in [1.82, 2.24) is 10.2 Å². The molecule has 7 nitrogen and oxygen atoms in total. The smallest absolute Gasteiger partial charge is 0.243 e. The fourth-order valence-corrected chi connectivity index (χ4v) is 6.85. The number of nitrogens with zero attached hydrogens (tertiary/aromatic N) is 2. The Balaban J connectivity index is 1.60. The number of nitrogens with one attached hydrogen (secondary N) is 1. The van der Waals surface area contributed by atoms with Gasteiger partial charge in [0.15, 0.2) is 0 Å². The summed E-state index contributed by atoms with van der Waals surface area (Å²) in [5, 5.41) is 3.69. The second-order valence-corrected chi connectivity index (χ2v) is 13.8. The molecule has 1 N–H and O–H groups in total. The van der Waals surface area contributed by atoms with Crippen molar-refractivity contribution in [3.63, 3.8) is 0 Å². The highest BCUT2D eigenvalue weighted by atomic mass is 35.5. The summed E-state index contributed by atoms with van der Waals surface area (Å²) in [6.45, 7) is 2.40. The molecular weight excluding hydrogens is 582 g/mol. The van der Waals surface area contributed by atoms with Crippen molar-refractivity contribution in [2.45, 2.75) is 76.9 Å². The van der Waals surface area contributed by atoms with Crippen LogP contribution in [0.2, 0.25) is 5.02 Å². The number of benzene rings is 3. The normalized spacial score (nSPS) is 14.6. The van der Waals surface area contributed by atoms with Crippen LogP contribution in [0.3, 0.4) is 0 Å². The number of carbonyl (C=O) groups excluding carboxylic acids is 2. The topological polar surface area (TPSA) is 86.8 Å². The van der Waals surface area contributed by atoms with Crippen molar-refractivity contribution in [1.29, 1.82) is 0 Å². The van der Waals surface area contributed by atoms with Gasteiger partial charge in [-0.15, -0.1) is 0 Å². The van der Waals surface area contributed by atoms with E-state index in [0.29, 0.717) is 17.1 Å². The predicted octanol–water partition coefficient (Wildman–Crippen LogP) is 6.28. The Kier molecular flexibility index (Phi) is 11.7. The van der Waals surface area contributed by atoms with E-state index in [0.717, 1.165) is 48.6 Å². The molecule has 4 rings (SSSR count).